The summed E-state index contributed by atoms with van der Waals surface area (Å²) in [5.74, 6) is 2.54. The van der Waals surface area contributed by atoms with Gasteiger partial charge in [0.15, 0.2) is 0 Å². The van der Waals surface area contributed by atoms with Crippen molar-refractivity contribution in [3.8, 4) is 17.5 Å². The highest BCUT2D eigenvalue weighted by Crippen LogP contribution is 2.46. The first-order valence-corrected chi connectivity index (χ1v) is 11.5. The van der Waals surface area contributed by atoms with E-state index in [0.29, 0.717) is 35.3 Å². The molecule has 2 aromatic rings. The SMILES string of the molecule is N#Cc1nc(-c2ccccc2)oc1N1CCCC2=C[C@H]3C[C@@H](CN4CCCC[C@H]34)[C@@H]21. The fourth-order valence-corrected chi connectivity index (χ4v) is 6.49. The van der Waals surface area contributed by atoms with Gasteiger partial charge in [0.1, 0.15) is 6.07 Å². The molecule has 154 valence electrons. The van der Waals surface area contributed by atoms with E-state index >= 15 is 0 Å². The van der Waals surface area contributed by atoms with E-state index in [2.05, 4.69) is 26.9 Å². The van der Waals surface area contributed by atoms with Crippen LogP contribution in [0.1, 0.15) is 44.2 Å². The van der Waals surface area contributed by atoms with E-state index in [1.165, 1.54) is 45.2 Å². The Morgan fingerprint density at radius 3 is 2.87 bits per heavy atom. The smallest absolute Gasteiger partial charge is 0.235 e. The summed E-state index contributed by atoms with van der Waals surface area (Å²) in [7, 11) is 0. The Bertz CT molecular complexity index is 1000. The van der Waals surface area contributed by atoms with Gasteiger partial charge in [-0.15, -0.1) is 0 Å². The van der Waals surface area contributed by atoms with Crippen LogP contribution in [0.25, 0.3) is 11.5 Å². The van der Waals surface area contributed by atoms with Gasteiger partial charge in [-0.3, -0.25) is 4.90 Å². The number of oxazole rings is 1. The molecule has 1 aliphatic carbocycles. The number of benzene rings is 1. The summed E-state index contributed by atoms with van der Waals surface area (Å²) < 4.78 is 6.28. The Labute approximate surface area is 178 Å². The van der Waals surface area contributed by atoms with Gasteiger partial charge in [-0.25, -0.2) is 0 Å². The number of nitriles is 1. The van der Waals surface area contributed by atoms with E-state index in [9.17, 15) is 5.26 Å². The molecular formula is C25H28N4O. The van der Waals surface area contributed by atoms with Gasteiger partial charge in [0.05, 0.1) is 6.04 Å². The fourth-order valence-electron chi connectivity index (χ4n) is 6.49. The maximum Gasteiger partial charge on any atom is 0.235 e. The average Bonchev–Trinajstić information content (AvgIpc) is 3.24. The second-order valence-corrected chi connectivity index (χ2v) is 9.35. The van der Waals surface area contributed by atoms with Crippen LogP contribution in [0.4, 0.5) is 5.88 Å². The highest BCUT2D eigenvalue weighted by atomic mass is 16.4. The van der Waals surface area contributed by atoms with Crippen LogP contribution < -0.4 is 4.90 Å². The molecule has 0 N–H and O–H groups in total. The molecular weight excluding hydrogens is 372 g/mol. The van der Waals surface area contributed by atoms with Gasteiger partial charge in [0, 0.05) is 24.7 Å². The number of piperidine rings is 3. The van der Waals surface area contributed by atoms with Crippen molar-refractivity contribution in [3.05, 3.63) is 47.7 Å². The zero-order valence-corrected chi connectivity index (χ0v) is 17.3. The van der Waals surface area contributed by atoms with Crippen molar-refractivity contribution in [3.63, 3.8) is 0 Å². The van der Waals surface area contributed by atoms with Crippen LogP contribution in [0.5, 0.6) is 0 Å². The lowest BCUT2D eigenvalue weighted by Gasteiger charge is -2.54. The third kappa shape index (κ3) is 2.89. The van der Waals surface area contributed by atoms with Crippen molar-refractivity contribution in [1.82, 2.24) is 9.88 Å². The molecule has 0 saturated carbocycles. The number of fused-ring (bicyclic) bond motifs is 6. The van der Waals surface area contributed by atoms with E-state index in [1.807, 2.05) is 30.3 Å². The van der Waals surface area contributed by atoms with Gasteiger partial charge in [-0.1, -0.05) is 36.3 Å². The molecule has 2 bridgehead atoms. The van der Waals surface area contributed by atoms with Crippen molar-refractivity contribution in [1.29, 1.82) is 5.26 Å². The molecule has 5 nitrogen and oxygen atoms in total. The number of rotatable bonds is 2. The first kappa shape index (κ1) is 18.2. The van der Waals surface area contributed by atoms with Crippen LogP contribution in [0, 0.1) is 23.2 Å². The van der Waals surface area contributed by atoms with Crippen LogP contribution in [0.15, 0.2) is 46.4 Å². The Morgan fingerprint density at radius 2 is 2.00 bits per heavy atom. The Kier molecular flexibility index (Phi) is 4.42. The average molecular weight is 401 g/mol. The fraction of sp³-hybridized carbons (Fsp3) is 0.520. The number of hydrogen-bond acceptors (Lipinski definition) is 5. The lowest BCUT2D eigenvalue weighted by Crippen LogP contribution is -2.59. The van der Waals surface area contributed by atoms with Crippen molar-refractivity contribution in [2.75, 3.05) is 24.5 Å². The van der Waals surface area contributed by atoms with E-state index < -0.39 is 0 Å². The molecule has 3 fully saturated rings. The Hall–Kier alpha value is -2.58. The van der Waals surface area contributed by atoms with E-state index in [1.54, 1.807) is 5.57 Å². The number of hydrogen-bond donors (Lipinski definition) is 0. The summed E-state index contributed by atoms with van der Waals surface area (Å²) in [6.45, 7) is 3.36. The summed E-state index contributed by atoms with van der Waals surface area (Å²) in [5, 5.41) is 9.81. The minimum Gasteiger partial charge on any atom is -0.419 e. The predicted molar refractivity (Wildman–Crippen MR) is 116 cm³/mol. The van der Waals surface area contributed by atoms with Crippen LogP contribution in [-0.2, 0) is 0 Å². The highest BCUT2D eigenvalue weighted by molar-refractivity contribution is 5.60. The topological polar surface area (TPSA) is 56.3 Å². The molecule has 6 rings (SSSR count). The van der Waals surface area contributed by atoms with Crippen molar-refractivity contribution in [2.45, 2.75) is 50.6 Å². The van der Waals surface area contributed by atoms with Gasteiger partial charge in [-0.05, 0) is 62.6 Å². The first-order valence-electron chi connectivity index (χ1n) is 11.5. The molecule has 0 radical (unpaired) electrons. The minimum absolute atomic E-state index is 0.349. The van der Waals surface area contributed by atoms with Crippen LogP contribution in [-0.4, -0.2) is 41.6 Å². The van der Waals surface area contributed by atoms with Gasteiger partial charge >= 0.3 is 0 Å². The lowest BCUT2D eigenvalue weighted by atomic mass is 9.68. The summed E-state index contributed by atoms with van der Waals surface area (Å²) in [6, 6.07) is 13.3. The van der Waals surface area contributed by atoms with E-state index in [4.69, 9.17) is 4.42 Å². The summed E-state index contributed by atoms with van der Waals surface area (Å²) >= 11 is 0. The van der Waals surface area contributed by atoms with E-state index in [-0.39, 0.29) is 0 Å². The summed E-state index contributed by atoms with van der Waals surface area (Å²) in [4.78, 5) is 9.68. The zero-order chi connectivity index (χ0) is 20.1. The monoisotopic (exact) mass is 400 g/mol. The lowest BCUT2D eigenvalue weighted by molar-refractivity contribution is 0.0306. The quantitative estimate of drug-likeness (QED) is 0.689. The second kappa shape index (κ2) is 7.28. The summed E-state index contributed by atoms with van der Waals surface area (Å²) in [6.07, 6.45) is 10.2. The highest BCUT2D eigenvalue weighted by Gasteiger charge is 2.47. The molecule has 0 amide bonds. The molecule has 3 saturated heterocycles. The molecule has 4 heterocycles. The van der Waals surface area contributed by atoms with Crippen LogP contribution >= 0.6 is 0 Å². The molecule has 30 heavy (non-hydrogen) atoms. The van der Waals surface area contributed by atoms with Gasteiger partial charge < -0.3 is 9.32 Å². The maximum atomic E-state index is 9.81. The maximum absolute atomic E-state index is 9.81. The molecule has 3 aliphatic heterocycles. The Balaban J connectivity index is 1.38. The van der Waals surface area contributed by atoms with Gasteiger partial charge in [0.2, 0.25) is 17.5 Å². The van der Waals surface area contributed by atoms with Gasteiger partial charge in [-0.2, -0.15) is 10.2 Å². The van der Waals surface area contributed by atoms with Crippen molar-refractivity contribution >= 4 is 5.88 Å². The minimum atomic E-state index is 0.349. The normalized spacial score (nSPS) is 30.8. The molecule has 1 aromatic carbocycles. The zero-order valence-electron chi connectivity index (χ0n) is 17.3. The molecule has 4 atom stereocenters. The number of anilines is 1. The van der Waals surface area contributed by atoms with Gasteiger partial charge in [0.25, 0.3) is 0 Å². The van der Waals surface area contributed by atoms with Crippen molar-refractivity contribution in [2.24, 2.45) is 11.8 Å². The first-order chi connectivity index (χ1) is 14.8. The largest absolute Gasteiger partial charge is 0.419 e. The standard InChI is InChI=1S/C25H28N4O/c26-15-21-25(30-24(27-21)17-7-2-1-3-8-17)29-12-6-9-18-13-19-14-20(23(18)29)16-28-11-5-4-10-22(19)28/h1-3,7-8,13,19-20,22-23H,4-6,9-12,14,16H2/t19-,20-,22+,23+/m0/s1. The van der Waals surface area contributed by atoms with Crippen LogP contribution in [0.2, 0.25) is 0 Å². The van der Waals surface area contributed by atoms with Crippen molar-refractivity contribution < 1.29 is 4.42 Å². The molecule has 0 unspecified atom stereocenters. The molecule has 1 aromatic heterocycles. The van der Waals surface area contributed by atoms with Crippen LogP contribution in [0.3, 0.4) is 0 Å². The molecule has 4 aliphatic rings. The Morgan fingerprint density at radius 1 is 1.10 bits per heavy atom. The third-order valence-electron chi connectivity index (χ3n) is 7.65. The second-order valence-electron chi connectivity index (χ2n) is 9.35. The number of aromatic nitrogens is 1. The number of nitrogens with zero attached hydrogens (tertiary/aromatic N) is 4. The molecule has 5 heteroatoms. The molecule has 0 spiro atoms. The third-order valence-corrected chi connectivity index (χ3v) is 7.65. The predicted octanol–water partition coefficient (Wildman–Crippen LogP) is 4.61. The summed E-state index contributed by atoms with van der Waals surface area (Å²) in [5.41, 5.74) is 2.92. The van der Waals surface area contributed by atoms with E-state index in [0.717, 1.165) is 24.6 Å².